The molecule has 1 heterocycles. The van der Waals surface area contributed by atoms with Crippen molar-refractivity contribution in [3.63, 3.8) is 0 Å². The van der Waals surface area contributed by atoms with E-state index in [4.69, 9.17) is 0 Å². The second-order valence-electron chi connectivity index (χ2n) is 5.06. The van der Waals surface area contributed by atoms with Crippen LogP contribution in [0.3, 0.4) is 0 Å². The number of H-pyrrole nitrogens is 1. The number of fused-ring (bicyclic) bond motifs is 1. The zero-order valence-corrected chi connectivity index (χ0v) is 11.2. The van der Waals surface area contributed by atoms with Crippen LogP contribution < -0.4 is 5.32 Å². The summed E-state index contributed by atoms with van der Waals surface area (Å²) in [7, 11) is 0. The molecule has 0 atom stereocenters. The summed E-state index contributed by atoms with van der Waals surface area (Å²) in [6.45, 7) is 6.60. The molecule has 0 radical (unpaired) electrons. The van der Waals surface area contributed by atoms with E-state index in [2.05, 4.69) is 35.4 Å². The molecule has 2 N–H and O–H groups in total. The SMILES string of the molecule is Cc1ccc2[nH]cc(CCNC(=O)C(C)C)c2c1. The zero-order chi connectivity index (χ0) is 13.1. The van der Waals surface area contributed by atoms with Crippen LogP contribution >= 0.6 is 0 Å². The van der Waals surface area contributed by atoms with Gasteiger partial charge in [0.2, 0.25) is 5.91 Å². The maximum Gasteiger partial charge on any atom is 0.222 e. The molecule has 2 aromatic rings. The fraction of sp³-hybridized carbons (Fsp3) is 0.400. The number of carbonyl (C=O) groups is 1. The van der Waals surface area contributed by atoms with Crippen molar-refractivity contribution in [1.82, 2.24) is 10.3 Å². The number of aromatic amines is 1. The number of benzene rings is 1. The highest BCUT2D eigenvalue weighted by Crippen LogP contribution is 2.19. The first kappa shape index (κ1) is 12.7. The summed E-state index contributed by atoms with van der Waals surface area (Å²) in [5, 5.41) is 4.21. The Kier molecular flexibility index (Phi) is 3.70. The van der Waals surface area contributed by atoms with Crippen LogP contribution in [0.1, 0.15) is 25.0 Å². The maximum absolute atomic E-state index is 11.5. The maximum atomic E-state index is 11.5. The Morgan fingerprint density at radius 3 is 2.89 bits per heavy atom. The summed E-state index contributed by atoms with van der Waals surface area (Å²) in [5.41, 5.74) is 3.68. The third kappa shape index (κ3) is 2.73. The van der Waals surface area contributed by atoms with Gasteiger partial charge in [-0.15, -0.1) is 0 Å². The summed E-state index contributed by atoms with van der Waals surface area (Å²) in [6, 6.07) is 6.38. The zero-order valence-electron chi connectivity index (χ0n) is 11.2. The highest BCUT2D eigenvalue weighted by molar-refractivity contribution is 5.84. The van der Waals surface area contributed by atoms with E-state index in [1.807, 2.05) is 20.0 Å². The molecule has 1 aromatic heterocycles. The number of carbonyl (C=O) groups excluding carboxylic acids is 1. The van der Waals surface area contributed by atoms with Gasteiger partial charge in [0.1, 0.15) is 0 Å². The van der Waals surface area contributed by atoms with Crippen LogP contribution in [-0.4, -0.2) is 17.4 Å². The van der Waals surface area contributed by atoms with Gasteiger partial charge in [0.05, 0.1) is 0 Å². The molecule has 0 unspecified atom stereocenters. The Morgan fingerprint density at radius 2 is 2.17 bits per heavy atom. The Morgan fingerprint density at radius 1 is 1.39 bits per heavy atom. The second-order valence-corrected chi connectivity index (χ2v) is 5.06. The third-order valence-corrected chi connectivity index (χ3v) is 3.14. The molecule has 0 aliphatic rings. The van der Waals surface area contributed by atoms with Crippen LogP contribution in [-0.2, 0) is 11.2 Å². The van der Waals surface area contributed by atoms with E-state index in [0.29, 0.717) is 6.54 Å². The van der Waals surface area contributed by atoms with Gasteiger partial charge >= 0.3 is 0 Å². The van der Waals surface area contributed by atoms with Crippen LogP contribution in [0.4, 0.5) is 0 Å². The van der Waals surface area contributed by atoms with Gasteiger partial charge in [-0.2, -0.15) is 0 Å². The highest BCUT2D eigenvalue weighted by Gasteiger charge is 2.07. The smallest absolute Gasteiger partial charge is 0.222 e. The van der Waals surface area contributed by atoms with Crippen molar-refractivity contribution in [2.24, 2.45) is 5.92 Å². The van der Waals surface area contributed by atoms with Crippen molar-refractivity contribution in [3.8, 4) is 0 Å². The Hall–Kier alpha value is -1.77. The van der Waals surface area contributed by atoms with Crippen molar-refractivity contribution in [2.75, 3.05) is 6.54 Å². The minimum Gasteiger partial charge on any atom is -0.361 e. The summed E-state index contributed by atoms with van der Waals surface area (Å²) < 4.78 is 0. The summed E-state index contributed by atoms with van der Waals surface area (Å²) in [6.07, 6.45) is 2.90. The quantitative estimate of drug-likeness (QED) is 0.853. The topological polar surface area (TPSA) is 44.9 Å². The number of hydrogen-bond donors (Lipinski definition) is 2. The Bertz CT molecular complexity index is 555. The van der Waals surface area contributed by atoms with Crippen LogP contribution in [0.2, 0.25) is 0 Å². The summed E-state index contributed by atoms with van der Waals surface area (Å²) in [4.78, 5) is 14.7. The standard InChI is InChI=1S/C15H20N2O/c1-10(2)15(18)16-7-6-12-9-17-14-5-4-11(3)8-13(12)14/h4-5,8-10,17H,6-7H2,1-3H3,(H,16,18). The van der Waals surface area contributed by atoms with Crippen molar-refractivity contribution < 1.29 is 4.79 Å². The van der Waals surface area contributed by atoms with E-state index in [9.17, 15) is 4.79 Å². The number of rotatable bonds is 4. The lowest BCUT2D eigenvalue weighted by molar-refractivity contribution is -0.123. The molecule has 2 rings (SSSR count). The third-order valence-electron chi connectivity index (χ3n) is 3.14. The Balaban J connectivity index is 2.04. The van der Waals surface area contributed by atoms with Gasteiger partial charge in [0.15, 0.2) is 0 Å². The molecule has 0 spiro atoms. The predicted molar refractivity (Wildman–Crippen MR) is 74.6 cm³/mol. The van der Waals surface area contributed by atoms with Crippen molar-refractivity contribution in [1.29, 1.82) is 0 Å². The van der Waals surface area contributed by atoms with Gasteiger partial charge in [0.25, 0.3) is 0 Å². The molecule has 3 heteroatoms. The first-order chi connectivity index (χ1) is 8.58. The van der Waals surface area contributed by atoms with E-state index in [1.165, 1.54) is 16.5 Å². The lowest BCUT2D eigenvalue weighted by atomic mass is 10.1. The fourth-order valence-electron chi connectivity index (χ4n) is 2.02. The molecule has 96 valence electrons. The minimum atomic E-state index is 0.0511. The van der Waals surface area contributed by atoms with Gasteiger partial charge in [0, 0.05) is 29.6 Å². The fourth-order valence-corrected chi connectivity index (χ4v) is 2.02. The number of nitrogens with one attached hydrogen (secondary N) is 2. The molecular weight excluding hydrogens is 224 g/mol. The lowest BCUT2D eigenvalue weighted by Crippen LogP contribution is -2.29. The van der Waals surface area contributed by atoms with Gasteiger partial charge in [-0.25, -0.2) is 0 Å². The highest BCUT2D eigenvalue weighted by atomic mass is 16.1. The lowest BCUT2D eigenvalue weighted by Gasteiger charge is -2.07. The van der Waals surface area contributed by atoms with E-state index in [1.54, 1.807) is 0 Å². The molecule has 1 amide bonds. The number of amides is 1. The van der Waals surface area contributed by atoms with Gasteiger partial charge in [-0.05, 0) is 31.0 Å². The van der Waals surface area contributed by atoms with Crippen molar-refractivity contribution in [2.45, 2.75) is 27.2 Å². The molecule has 0 bridgehead atoms. The largest absolute Gasteiger partial charge is 0.361 e. The monoisotopic (exact) mass is 244 g/mol. The first-order valence-electron chi connectivity index (χ1n) is 6.42. The van der Waals surface area contributed by atoms with Crippen LogP contribution in [0.5, 0.6) is 0 Å². The van der Waals surface area contributed by atoms with Crippen LogP contribution in [0.15, 0.2) is 24.4 Å². The predicted octanol–water partition coefficient (Wildman–Crippen LogP) is 2.79. The average Bonchev–Trinajstić information content (AvgIpc) is 2.71. The molecule has 0 saturated carbocycles. The Labute approximate surface area is 108 Å². The van der Waals surface area contributed by atoms with Gasteiger partial charge < -0.3 is 10.3 Å². The van der Waals surface area contributed by atoms with Crippen molar-refractivity contribution in [3.05, 3.63) is 35.5 Å². The second kappa shape index (κ2) is 5.25. The van der Waals surface area contributed by atoms with Gasteiger partial charge in [-0.1, -0.05) is 25.5 Å². The molecule has 0 aliphatic carbocycles. The number of aryl methyl sites for hydroxylation is 1. The molecule has 3 nitrogen and oxygen atoms in total. The first-order valence-corrected chi connectivity index (χ1v) is 6.42. The summed E-state index contributed by atoms with van der Waals surface area (Å²) >= 11 is 0. The molecule has 0 aliphatic heterocycles. The van der Waals surface area contributed by atoms with E-state index in [-0.39, 0.29) is 11.8 Å². The van der Waals surface area contributed by atoms with E-state index in [0.717, 1.165) is 11.9 Å². The van der Waals surface area contributed by atoms with E-state index < -0.39 is 0 Å². The molecule has 18 heavy (non-hydrogen) atoms. The van der Waals surface area contributed by atoms with Crippen molar-refractivity contribution >= 4 is 16.8 Å². The molecule has 0 fully saturated rings. The minimum absolute atomic E-state index is 0.0511. The van der Waals surface area contributed by atoms with Gasteiger partial charge in [-0.3, -0.25) is 4.79 Å². The van der Waals surface area contributed by atoms with Crippen LogP contribution in [0, 0.1) is 12.8 Å². The summed E-state index contributed by atoms with van der Waals surface area (Å²) in [5.74, 6) is 0.168. The molecule has 1 aromatic carbocycles. The number of hydrogen-bond acceptors (Lipinski definition) is 1. The molecule has 0 saturated heterocycles. The van der Waals surface area contributed by atoms with Crippen LogP contribution in [0.25, 0.3) is 10.9 Å². The average molecular weight is 244 g/mol. The molecular formula is C15H20N2O. The normalized spacial score (nSPS) is 11.1. The van der Waals surface area contributed by atoms with E-state index >= 15 is 0 Å². The number of aromatic nitrogens is 1.